The lowest BCUT2D eigenvalue weighted by Gasteiger charge is -2.29. The third kappa shape index (κ3) is 3.32. The molecule has 0 spiro atoms. The van der Waals surface area contributed by atoms with E-state index in [2.05, 4.69) is 29.7 Å². The highest BCUT2D eigenvalue weighted by Gasteiger charge is 2.39. The molecule has 8 nitrogen and oxygen atoms in total. The number of urea groups is 1. The Morgan fingerprint density at radius 3 is 2.59 bits per heavy atom. The molecule has 3 aliphatic heterocycles. The summed E-state index contributed by atoms with van der Waals surface area (Å²) in [5.74, 6) is -0.977. The van der Waals surface area contributed by atoms with E-state index in [9.17, 15) is 19.2 Å². The van der Waals surface area contributed by atoms with Crippen LogP contribution in [0.15, 0.2) is 30.3 Å². The lowest BCUT2D eigenvalue weighted by atomic mass is 10.0. The minimum absolute atomic E-state index is 0.210. The molecule has 2 aromatic carbocycles. The predicted octanol–water partition coefficient (Wildman–Crippen LogP) is 2.66. The number of nitrogens with one attached hydrogen (secondary N) is 2. The topological polar surface area (TPSA) is 98.8 Å². The first-order valence-electron chi connectivity index (χ1n) is 10.8. The third-order valence-corrected chi connectivity index (χ3v) is 6.61. The molecule has 3 heterocycles. The number of hydrogen-bond acceptors (Lipinski definition) is 4. The molecule has 2 aromatic rings. The average Bonchev–Trinajstić information content (AvgIpc) is 3.29. The van der Waals surface area contributed by atoms with Gasteiger partial charge in [-0.05, 0) is 73.2 Å². The van der Waals surface area contributed by atoms with Gasteiger partial charge in [-0.3, -0.25) is 24.6 Å². The quantitative estimate of drug-likeness (QED) is 0.713. The average molecular weight is 432 g/mol. The fourth-order valence-electron chi connectivity index (χ4n) is 4.72. The molecule has 5 rings (SSSR count). The Labute approximate surface area is 185 Å². The van der Waals surface area contributed by atoms with E-state index in [1.165, 1.54) is 16.0 Å². The number of piperidine rings is 1. The van der Waals surface area contributed by atoms with Crippen molar-refractivity contribution < 1.29 is 19.2 Å². The van der Waals surface area contributed by atoms with Gasteiger partial charge in [-0.25, -0.2) is 4.79 Å². The summed E-state index contributed by atoms with van der Waals surface area (Å²) < 4.78 is 0. The van der Waals surface area contributed by atoms with E-state index >= 15 is 0 Å². The molecule has 1 atom stereocenters. The van der Waals surface area contributed by atoms with Crippen molar-refractivity contribution in [1.82, 2.24) is 10.2 Å². The lowest BCUT2D eigenvalue weighted by molar-refractivity contribution is -0.136. The Morgan fingerprint density at radius 2 is 1.81 bits per heavy atom. The van der Waals surface area contributed by atoms with E-state index in [0.29, 0.717) is 24.2 Å². The first-order chi connectivity index (χ1) is 15.3. The van der Waals surface area contributed by atoms with Crippen LogP contribution in [0.25, 0.3) is 0 Å². The third-order valence-electron chi connectivity index (χ3n) is 6.61. The Morgan fingerprint density at radius 1 is 1.03 bits per heavy atom. The zero-order valence-electron chi connectivity index (χ0n) is 18.0. The fraction of sp³-hybridized carbons (Fsp3) is 0.333. The number of carbonyl (C=O) groups excluding carboxylic acids is 4. The molecule has 164 valence electrons. The summed E-state index contributed by atoms with van der Waals surface area (Å²) in [6.07, 6.45) is 1.36. The Hall–Kier alpha value is -3.68. The number of carbonyl (C=O) groups is 4. The molecular weight excluding hydrogens is 408 g/mol. The second-order valence-electron chi connectivity index (χ2n) is 8.67. The summed E-state index contributed by atoms with van der Waals surface area (Å²) in [6, 6.07) is 8.51. The van der Waals surface area contributed by atoms with Gasteiger partial charge in [-0.15, -0.1) is 0 Å². The van der Waals surface area contributed by atoms with Crippen molar-refractivity contribution in [3.8, 4) is 0 Å². The van der Waals surface area contributed by atoms with E-state index in [1.807, 2.05) is 6.92 Å². The van der Waals surface area contributed by atoms with E-state index in [-0.39, 0.29) is 30.8 Å². The van der Waals surface area contributed by atoms with E-state index in [1.54, 1.807) is 23.1 Å². The molecule has 8 heteroatoms. The van der Waals surface area contributed by atoms with Gasteiger partial charge in [0.1, 0.15) is 6.04 Å². The normalized spacial score (nSPS) is 19.7. The van der Waals surface area contributed by atoms with Gasteiger partial charge in [-0.2, -0.15) is 0 Å². The predicted molar refractivity (Wildman–Crippen MR) is 118 cm³/mol. The van der Waals surface area contributed by atoms with E-state index in [4.69, 9.17) is 0 Å². The van der Waals surface area contributed by atoms with Gasteiger partial charge in [0, 0.05) is 36.4 Å². The van der Waals surface area contributed by atoms with Crippen LogP contribution in [-0.4, -0.2) is 41.2 Å². The highest BCUT2D eigenvalue weighted by Crippen LogP contribution is 2.32. The number of amides is 5. The smallest absolute Gasteiger partial charge is 0.322 e. The second kappa shape index (κ2) is 7.47. The molecule has 0 saturated carbocycles. The van der Waals surface area contributed by atoms with Crippen LogP contribution >= 0.6 is 0 Å². The van der Waals surface area contributed by atoms with Crippen LogP contribution < -0.4 is 15.5 Å². The summed E-state index contributed by atoms with van der Waals surface area (Å²) >= 11 is 0. The fourth-order valence-corrected chi connectivity index (χ4v) is 4.72. The van der Waals surface area contributed by atoms with Gasteiger partial charge < -0.3 is 10.2 Å². The van der Waals surface area contributed by atoms with Crippen LogP contribution in [0.5, 0.6) is 0 Å². The number of nitrogens with zero attached hydrogens (tertiary/aromatic N) is 2. The molecule has 1 unspecified atom stereocenters. The van der Waals surface area contributed by atoms with E-state index in [0.717, 1.165) is 23.2 Å². The SMILES string of the molecule is Cc1cc2c(cc1C)N(C(=O)Nc1ccc3c(c1)CN(C1CCC(=O)NC1=O)C3=O)CC2. The number of imide groups is 1. The van der Waals surface area contributed by atoms with Crippen molar-refractivity contribution in [1.29, 1.82) is 0 Å². The van der Waals surface area contributed by atoms with Crippen LogP contribution in [-0.2, 0) is 22.6 Å². The zero-order valence-corrected chi connectivity index (χ0v) is 18.0. The first-order valence-corrected chi connectivity index (χ1v) is 10.8. The van der Waals surface area contributed by atoms with Crippen LogP contribution in [0.2, 0.25) is 0 Å². The Bertz CT molecular complexity index is 1190. The number of fused-ring (bicyclic) bond motifs is 2. The molecule has 0 bridgehead atoms. The van der Waals surface area contributed by atoms with Crippen LogP contribution in [0.1, 0.15) is 45.5 Å². The summed E-state index contributed by atoms with van der Waals surface area (Å²) in [7, 11) is 0. The molecule has 0 aromatic heterocycles. The van der Waals surface area contributed by atoms with Crippen molar-refractivity contribution >= 4 is 35.1 Å². The molecule has 3 aliphatic rings. The Kier molecular flexibility index (Phi) is 4.73. The number of hydrogen-bond donors (Lipinski definition) is 2. The van der Waals surface area contributed by atoms with Crippen molar-refractivity contribution in [2.24, 2.45) is 0 Å². The molecule has 1 saturated heterocycles. The highest BCUT2D eigenvalue weighted by atomic mass is 16.2. The monoisotopic (exact) mass is 432 g/mol. The van der Waals surface area contributed by atoms with Crippen LogP contribution in [0, 0.1) is 13.8 Å². The van der Waals surface area contributed by atoms with Crippen LogP contribution in [0.4, 0.5) is 16.2 Å². The number of rotatable bonds is 2. The molecular formula is C24H24N4O4. The molecule has 32 heavy (non-hydrogen) atoms. The minimum Gasteiger partial charge on any atom is -0.322 e. The summed E-state index contributed by atoms with van der Waals surface area (Å²) in [6.45, 7) is 5.00. The number of benzene rings is 2. The van der Waals surface area contributed by atoms with Gasteiger partial charge in [0.15, 0.2) is 0 Å². The van der Waals surface area contributed by atoms with Gasteiger partial charge >= 0.3 is 6.03 Å². The first kappa shape index (κ1) is 20.2. The van der Waals surface area contributed by atoms with Gasteiger partial charge in [0.2, 0.25) is 11.8 Å². The summed E-state index contributed by atoms with van der Waals surface area (Å²) in [4.78, 5) is 52.7. The molecule has 0 aliphatic carbocycles. The second-order valence-corrected chi connectivity index (χ2v) is 8.67. The Balaban J connectivity index is 1.32. The van der Waals surface area contributed by atoms with Crippen molar-refractivity contribution in [2.75, 3.05) is 16.8 Å². The van der Waals surface area contributed by atoms with Crippen molar-refractivity contribution in [3.63, 3.8) is 0 Å². The number of anilines is 2. The lowest BCUT2D eigenvalue weighted by Crippen LogP contribution is -2.52. The zero-order chi connectivity index (χ0) is 22.6. The van der Waals surface area contributed by atoms with Gasteiger partial charge in [0.25, 0.3) is 5.91 Å². The maximum atomic E-state index is 13.0. The number of aryl methyl sites for hydroxylation is 2. The van der Waals surface area contributed by atoms with Gasteiger partial charge in [0.05, 0.1) is 0 Å². The standard InChI is InChI=1S/C24H24N4O4/c1-13-9-15-7-8-27(20(15)10-14(13)2)24(32)25-17-3-4-18-16(11-17)12-28(23(18)31)19-5-6-21(29)26-22(19)30/h3-4,9-11,19H,5-8,12H2,1-2H3,(H,25,32)(H,26,29,30). The van der Waals surface area contributed by atoms with E-state index < -0.39 is 11.9 Å². The van der Waals surface area contributed by atoms with Crippen molar-refractivity contribution in [3.05, 3.63) is 58.1 Å². The van der Waals surface area contributed by atoms with Gasteiger partial charge in [-0.1, -0.05) is 6.07 Å². The molecule has 2 N–H and O–H groups in total. The maximum Gasteiger partial charge on any atom is 0.326 e. The van der Waals surface area contributed by atoms with Crippen molar-refractivity contribution in [2.45, 2.75) is 45.7 Å². The molecule has 5 amide bonds. The maximum absolute atomic E-state index is 13.0. The summed E-state index contributed by atoms with van der Waals surface area (Å²) in [5.41, 5.74) is 6.34. The molecule has 0 radical (unpaired) electrons. The summed E-state index contributed by atoms with van der Waals surface area (Å²) in [5, 5.41) is 5.25. The largest absolute Gasteiger partial charge is 0.326 e. The van der Waals surface area contributed by atoms with Crippen LogP contribution in [0.3, 0.4) is 0 Å². The highest BCUT2D eigenvalue weighted by molar-refractivity contribution is 6.06. The minimum atomic E-state index is -0.654. The molecule has 1 fully saturated rings.